The standard InChI is InChI=1S/C27H31ClN4O2S/c1-4-5-24(34)32(16-33)15-19-12-23-26(35-19)20(6-9-30-23)21-10-17(28)11-22(27(2)7-8-27)25(21)31(3)18-13-29-14-18/h6,9-12,16,18,29H,4-5,7-8,13-15H2,1-3H3. The number of halogens is 1. The molecule has 3 heterocycles. The van der Waals surface area contributed by atoms with E-state index < -0.39 is 0 Å². The van der Waals surface area contributed by atoms with Crippen LogP contribution >= 0.6 is 22.9 Å². The van der Waals surface area contributed by atoms with Gasteiger partial charge in [0.1, 0.15) is 0 Å². The molecule has 1 saturated heterocycles. The Hall–Kier alpha value is -2.48. The number of pyridine rings is 1. The number of imide groups is 1. The number of amides is 2. The van der Waals surface area contributed by atoms with Crippen LogP contribution in [0.2, 0.25) is 5.02 Å². The molecule has 1 aliphatic heterocycles. The molecule has 1 aromatic carbocycles. The van der Waals surface area contributed by atoms with Gasteiger partial charge in [0.05, 0.1) is 22.8 Å². The van der Waals surface area contributed by atoms with E-state index in [1.807, 2.05) is 19.2 Å². The predicted octanol–water partition coefficient (Wildman–Crippen LogP) is 5.36. The molecule has 2 aromatic heterocycles. The molecule has 6 nitrogen and oxygen atoms in total. The van der Waals surface area contributed by atoms with Crippen molar-refractivity contribution in [1.82, 2.24) is 15.2 Å². The van der Waals surface area contributed by atoms with Crippen LogP contribution < -0.4 is 10.2 Å². The first-order valence-corrected chi connectivity index (χ1v) is 13.4. The largest absolute Gasteiger partial charge is 0.368 e. The fourth-order valence-corrected chi connectivity index (χ4v) is 6.18. The second-order valence-electron chi connectivity index (χ2n) is 10.00. The molecule has 1 saturated carbocycles. The van der Waals surface area contributed by atoms with Gasteiger partial charge < -0.3 is 10.2 Å². The lowest BCUT2D eigenvalue weighted by molar-refractivity contribution is -0.138. The number of hydrogen-bond donors (Lipinski definition) is 1. The van der Waals surface area contributed by atoms with E-state index in [4.69, 9.17) is 11.6 Å². The van der Waals surface area contributed by atoms with Crippen LogP contribution in [0.1, 0.15) is 50.0 Å². The maximum Gasteiger partial charge on any atom is 0.229 e. The number of anilines is 1. The van der Waals surface area contributed by atoms with Crippen LogP contribution in [0, 0.1) is 0 Å². The summed E-state index contributed by atoms with van der Waals surface area (Å²) in [6.45, 7) is 6.47. The number of likely N-dealkylation sites (N-methyl/N-ethyl adjacent to an activating group) is 1. The predicted molar refractivity (Wildman–Crippen MR) is 143 cm³/mol. The van der Waals surface area contributed by atoms with E-state index in [9.17, 15) is 9.59 Å². The zero-order valence-electron chi connectivity index (χ0n) is 20.4. The Balaban J connectivity index is 1.62. The van der Waals surface area contributed by atoms with Gasteiger partial charge in [-0.15, -0.1) is 11.3 Å². The maximum absolute atomic E-state index is 12.3. The van der Waals surface area contributed by atoms with Gasteiger partial charge in [0.15, 0.2) is 0 Å². The Morgan fingerprint density at radius 1 is 1.29 bits per heavy atom. The van der Waals surface area contributed by atoms with Crippen molar-refractivity contribution >= 4 is 51.2 Å². The topological polar surface area (TPSA) is 65.5 Å². The fourth-order valence-electron chi connectivity index (χ4n) is 4.82. The van der Waals surface area contributed by atoms with Gasteiger partial charge in [0.2, 0.25) is 12.3 Å². The number of aromatic nitrogens is 1. The molecule has 0 radical (unpaired) electrons. The Bertz CT molecular complexity index is 1280. The summed E-state index contributed by atoms with van der Waals surface area (Å²) < 4.78 is 1.05. The highest BCUT2D eigenvalue weighted by Crippen LogP contribution is 2.54. The van der Waals surface area contributed by atoms with E-state index in [0.29, 0.717) is 25.3 Å². The highest BCUT2D eigenvalue weighted by molar-refractivity contribution is 7.19. The first kappa shape index (κ1) is 24.2. The second kappa shape index (κ2) is 9.52. The molecule has 0 atom stereocenters. The Labute approximate surface area is 215 Å². The van der Waals surface area contributed by atoms with Gasteiger partial charge >= 0.3 is 0 Å². The summed E-state index contributed by atoms with van der Waals surface area (Å²) >= 11 is 8.31. The number of carbonyl (C=O) groups excluding carboxylic acids is 2. The summed E-state index contributed by atoms with van der Waals surface area (Å²) in [6.07, 6.45) is 5.88. The monoisotopic (exact) mass is 510 g/mol. The molecule has 2 aliphatic rings. The first-order valence-electron chi connectivity index (χ1n) is 12.2. The van der Waals surface area contributed by atoms with Gasteiger partial charge in [-0.3, -0.25) is 19.5 Å². The van der Waals surface area contributed by atoms with E-state index >= 15 is 0 Å². The lowest BCUT2D eigenvalue weighted by Gasteiger charge is -2.40. The molecule has 2 amide bonds. The highest BCUT2D eigenvalue weighted by Gasteiger charge is 2.43. The van der Waals surface area contributed by atoms with Crippen molar-refractivity contribution in [3.8, 4) is 11.1 Å². The number of hydrogen-bond acceptors (Lipinski definition) is 6. The van der Waals surface area contributed by atoms with Crippen molar-refractivity contribution in [2.24, 2.45) is 0 Å². The summed E-state index contributed by atoms with van der Waals surface area (Å²) in [7, 11) is 2.19. The van der Waals surface area contributed by atoms with Crippen LogP contribution in [0.25, 0.3) is 21.3 Å². The third kappa shape index (κ3) is 4.57. The number of benzene rings is 1. The molecule has 3 aromatic rings. The molecule has 35 heavy (non-hydrogen) atoms. The average Bonchev–Trinajstić information content (AvgIpc) is 3.41. The molecule has 0 spiro atoms. The van der Waals surface area contributed by atoms with E-state index in [2.05, 4.69) is 47.4 Å². The molecule has 1 aliphatic carbocycles. The summed E-state index contributed by atoms with van der Waals surface area (Å²) in [5.74, 6) is -0.150. The maximum atomic E-state index is 12.3. The SMILES string of the molecule is CCCC(=O)N(C=O)Cc1cc2nccc(-c3cc(Cl)cc(C4(C)CC4)c3N(C)C3CNC3)c2s1. The molecule has 5 rings (SSSR count). The van der Waals surface area contributed by atoms with Gasteiger partial charge in [-0.1, -0.05) is 25.4 Å². The lowest BCUT2D eigenvalue weighted by atomic mass is 9.89. The van der Waals surface area contributed by atoms with E-state index in [1.165, 1.54) is 29.0 Å². The van der Waals surface area contributed by atoms with Crippen molar-refractivity contribution in [2.75, 3.05) is 25.0 Å². The minimum Gasteiger partial charge on any atom is -0.368 e. The minimum absolute atomic E-state index is 0.150. The van der Waals surface area contributed by atoms with Gasteiger partial charge in [-0.2, -0.15) is 0 Å². The third-order valence-electron chi connectivity index (χ3n) is 7.38. The fraction of sp³-hybridized carbons (Fsp3) is 0.444. The Morgan fingerprint density at radius 2 is 2.06 bits per heavy atom. The van der Waals surface area contributed by atoms with Gasteiger partial charge in [0.25, 0.3) is 0 Å². The van der Waals surface area contributed by atoms with Crippen LogP contribution in [0.15, 0.2) is 30.5 Å². The summed E-state index contributed by atoms with van der Waals surface area (Å²) in [5, 5.41) is 4.14. The van der Waals surface area contributed by atoms with E-state index in [1.54, 1.807) is 11.3 Å². The molecule has 2 fully saturated rings. The van der Waals surface area contributed by atoms with E-state index in [0.717, 1.165) is 44.3 Å². The number of nitrogens with zero attached hydrogens (tertiary/aromatic N) is 3. The van der Waals surface area contributed by atoms with Gasteiger partial charge in [-0.05, 0) is 54.5 Å². The number of rotatable bonds is 9. The van der Waals surface area contributed by atoms with Crippen molar-refractivity contribution in [3.63, 3.8) is 0 Å². The molecule has 8 heteroatoms. The van der Waals surface area contributed by atoms with Crippen molar-refractivity contribution in [3.05, 3.63) is 45.9 Å². The minimum atomic E-state index is -0.150. The summed E-state index contributed by atoms with van der Waals surface area (Å²) in [6, 6.07) is 8.72. The molecular weight excluding hydrogens is 480 g/mol. The number of thiophene rings is 1. The Morgan fingerprint density at radius 3 is 2.69 bits per heavy atom. The normalized spacial score (nSPS) is 16.7. The van der Waals surface area contributed by atoms with Crippen molar-refractivity contribution in [1.29, 1.82) is 0 Å². The first-order chi connectivity index (χ1) is 16.8. The molecule has 0 bridgehead atoms. The summed E-state index contributed by atoms with van der Waals surface area (Å²) in [5.41, 5.74) is 5.78. The smallest absolute Gasteiger partial charge is 0.229 e. The zero-order chi connectivity index (χ0) is 24.7. The molecule has 1 N–H and O–H groups in total. The van der Waals surface area contributed by atoms with Crippen LogP contribution in [0.5, 0.6) is 0 Å². The molecule has 0 unspecified atom stereocenters. The highest BCUT2D eigenvalue weighted by atomic mass is 35.5. The number of carbonyl (C=O) groups is 2. The molecule has 184 valence electrons. The van der Waals surface area contributed by atoms with Crippen molar-refractivity contribution < 1.29 is 9.59 Å². The zero-order valence-corrected chi connectivity index (χ0v) is 22.0. The quantitative estimate of drug-likeness (QED) is 0.392. The van der Waals surface area contributed by atoms with Gasteiger partial charge in [0, 0.05) is 59.5 Å². The van der Waals surface area contributed by atoms with Gasteiger partial charge in [-0.25, -0.2) is 0 Å². The Kier molecular flexibility index (Phi) is 6.59. The third-order valence-corrected chi connectivity index (χ3v) is 8.74. The average molecular weight is 511 g/mol. The molecular formula is C27H31ClN4O2S. The summed E-state index contributed by atoms with van der Waals surface area (Å²) in [4.78, 5) is 33.1. The van der Waals surface area contributed by atoms with Crippen LogP contribution in [0.3, 0.4) is 0 Å². The van der Waals surface area contributed by atoms with E-state index in [-0.39, 0.29) is 17.9 Å². The number of nitrogens with one attached hydrogen (secondary N) is 1. The second-order valence-corrected chi connectivity index (χ2v) is 11.6. The van der Waals surface area contributed by atoms with Crippen molar-refractivity contribution in [2.45, 2.75) is 57.5 Å². The van der Waals surface area contributed by atoms with Crippen LogP contribution in [0.4, 0.5) is 5.69 Å². The lowest BCUT2D eigenvalue weighted by Crippen LogP contribution is -2.56. The van der Waals surface area contributed by atoms with Crippen LogP contribution in [-0.4, -0.2) is 48.4 Å². The number of fused-ring (bicyclic) bond motifs is 1. The van der Waals surface area contributed by atoms with Crippen LogP contribution in [-0.2, 0) is 21.5 Å².